The Balaban J connectivity index is 2.86. The van der Waals surface area contributed by atoms with Crippen LogP contribution in [-0.4, -0.2) is 12.2 Å². The summed E-state index contributed by atoms with van der Waals surface area (Å²) in [5.74, 6) is 1.37. The van der Waals surface area contributed by atoms with E-state index in [1.54, 1.807) is 7.11 Å². The van der Waals surface area contributed by atoms with Gasteiger partial charge in [-0.25, -0.2) is 0 Å². The van der Waals surface area contributed by atoms with Crippen molar-refractivity contribution >= 4 is 0 Å². The van der Waals surface area contributed by atoms with Gasteiger partial charge in [-0.15, -0.1) is 0 Å². The third kappa shape index (κ3) is 3.74. The summed E-state index contributed by atoms with van der Waals surface area (Å²) in [6.45, 7) is 6.38. The summed E-state index contributed by atoms with van der Waals surface area (Å²) in [5, 5.41) is 10.3. The minimum absolute atomic E-state index is 0.422. The molecule has 0 heterocycles. The van der Waals surface area contributed by atoms with Gasteiger partial charge in [0.25, 0.3) is 0 Å². The van der Waals surface area contributed by atoms with Gasteiger partial charge < -0.3 is 9.84 Å². The second-order valence-corrected chi connectivity index (χ2v) is 4.68. The van der Waals surface area contributed by atoms with Crippen molar-refractivity contribution in [3.05, 3.63) is 29.3 Å². The highest BCUT2D eigenvalue weighted by molar-refractivity contribution is 5.38. The van der Waals surface area contributed by atoms with E-state index < -0.39 is 6.10 Å². The summed E-state index contributed by atoms with van der Waals surface area (Å²) in [6, 6.07) is 5.96. The molecule has 1 atom stereocenters. The first-order valence-corrected chi connectivity index (χ1v) is 6.44. The van der Waals surface area contributed by atoms with Crippen molar-refractivity contribution in [3.8, 4) is 5.75 Å². The third-order valence-electron chi connectivity index (χ3n) is 3.46. The van der Waals surface area contributed by atoms with E-state index in [0.717, 1.165) is 36.1 Å². The number of methoxy groups -OCH3 is 1. The second-order valence-electron chi connectivity index (χ2n) is 4.68. The largest absolute Gasteiger partial charge is 0.496 e. The fourth-order valence-corrected chi connectivity index (χ4v) is 2.18. The van der Waals surface area contributed by atoms with Crippen LogP contribution in [0, 0.1) is 12.8 Å². The van der Waals surface area contributed by atoms with Crippen molar-refractivity contribution in [2.75, 3.05) is 7.11 Å². The van der Waals surface area contributed by atoms with Gasteiger partial charge in [-0.05, 0) is 31.4 Å². The standard InChI is InChI=1S/C15H24O2/c1-5-12(6-2)10-14(16)13-9-11(3)7-8-15(13)17-4/h7-9,12,14,16H,5-6,10H2,1-4H3. The minimum atomic E-state index is -0.422. The van der Waals surface area contributed by atoms with E-state index in [2.05, 4.69) is 13.8 Å². The Bertz CT molecular complexity index is 343. The lowest BCUT2D eigenvalue weighted by atomic mass is 9.92. The van der Waals surface area contributed by atoms with Gasteiger partial charge in [0, 0.05) is 5.56 Å². The Labute approximate surface area is 105 Å². The third-order valence-corrected chi connectivity index (χ3v) is 3.46. The molecule has 0 bridgehead atoms. The number of hydrogen-bond donors (Lipinski definition) is 1. The van der Waals surface area contributed by atoms with Gasteiger partial charge >= 0.3 is 0 Å². The summed E-state index contributed by atoms with van der Waals surface area (Å²) in [4.78, 5) is 0. The van der Waals surface area contributed by atoms with Crippen LogP contribution in [-0.2, 0) is 0 Å². The fraction of sp³-hybridized carbons (Fsp3) is 0.600. The molecule has 1 unspecified atom stereocenters. The van der Waals surface area contributed by atoms with E-state index in [4.69, 9.17) is 4.74 Å². The quantitative estimate of drug-likeness (QED) is 0.812. The van der Waals surface area contributed by atoms with Crippen molar-refractivity contribution in [2.24, 2.45) is 5.92 Å². The molecule has 0 aliphatic carbocycles. The van der Waals surface area contributed by atoms with Crippen LogP contribution in [0.1, 0.15) is 50.3 Å². The van der Waals surface area contributed by atoms with Gasteiger partial charge in [-0.1, -0.05) is 38.3 Å². The molecule has 0 fully saturated rings. The van der Waals surface area contributed by atoms with Crippen LogP contribution in [0.4, 0.5) is 0 Å². The van der Waals surface area contributed by atoms with Crippen LogP contribution in [0.2, 0.25) is 0 Å². The van der Waals surface area contributed by atoms with Gasteiger partial charge in [0.1, 0.15) is 5.75 Å². The van der Waals surface area contributed by atoms with Gasteiger partial charge in [0.2, 0.25) is 0 Å². The van der Waals surface area contributed by atoms with E-state index in [-0.39, 0.29) is 0 Å². The van der Waals surface area contributed by atoms with Crippen molar-refractivity contribution in [1.82, 2.24) is 0 Å². The molecule has 2 nitrogen and oxygen atoms in total. The molecule has 0 aliphatic heterocycles. The predicted molar refractivity (Wildman–Crippen MR) is 71.4 cm³/mol. The SMILES string of the molecule is CCC(CC)CC(O)c1cc(C)ccc1OC. The summed E-state index contributed by atoms with van der Waals surface area (Å²) in [7, 11) is 1.65. The normalized spacial score (nSPS) is 12.8. The minimum Gasteiger partial charge on any atom is -0.496 e. The lowest BCUT2D eigenvalue weighted by molar-refractivity contribution is 0.138. The zero-order valence-electron chi connectivity index (χ0n) is 11.4. The van der Waals surface area contributed by atoms with E-state index in [0.29, 0.717) is 5.92 Å². The molecule has 1 aromatic rings. The average molecular weight is 236 g/mol. The van der Waals surface area contributed by atoms with Gasteiger partial charge in [0.05, 0.1) is 13.2 Å². The molecule has 1 N–H and O–H groups in total. The molecule has 0 aliphatic rings. The maximum absolute atomic E-state index is 10.3. The first-order chi connectivity index (χ1) is 8.12. The number of benzene rings is 1. The molecule has 0 saturated heterocycles. The average Bonchev–Trinajstić information content (AvgIpc) is 2.35. The molecule has 0 spiro atoms. The first kappa shape index (κ1) is 14.0. The van der Waals surface area contributed by atoms with Crippen LogP contribution in [0.15, 0.2) is 18.2 Å². The Morgan fingerprint density at radius 2 is 1.88 bits per heavy atom. The van der Waals surface area contributed by atoms with E-state index >= 15 is 0 Å². The number of aryl methyl sites for hydroxylation is 1. The number of ether oxygens (including phenoxy) is 1. The Kier molecular flexibility index (Phi) is 5.49. The molecule has 0 aromatic heterocycles. The smallest absolute Gasteiger partial charge is 0.124 e. The van der Waals surface area contributed by atoms with Gasteiger partial charge in [-0.2, -0.15) is 0 Å². The highest BCUT2D eigenvalue weighted by Crippen LogP contribution is 2.31. The van der Waals surface area contributed by atoms with Crippen LogP contribution in [0.5, 0.6) is 5.75 Å². The van der Waals surface area contributed by atoms with Crippen molar-refractivity contribution in [2.45, 2.75) is 46.1 Å². The number of aliphatic hydroxyl groups is 1. The van der Waals surface area contributed by atoms with Crippen LogP contribution in [0.25, 0.3) is 0 Å². The molecule has 17 heavy (non-hydrogen) atoms. The molecule has 1 rings (SSSR count). The maximum Gasteiger partial charge on any atom is 0.124 e. The molecule has 96 valence electrons. The van der Waals surface area contributed by atoms with Crippen molar-refractivity contribution in [1.29, 1.82) is 0 Å². The van der Waals surface area contributed by atoms with E-state index in [1.165, 1.54) is 0 Å². The molecule has 0 amide bonds. The summed E-state index contributed by atoms with van der Waals surface area (Å²) >= 11 is 0. The molecular weight excluding hydrogens is 212 g/mol. The topological polar surface area (TPSA) is 29.5 Å². The van der Waals surface area contributed by atoms with E-state index in [9.17, 15) is 5.11 Å². The fourth-order valence-electron chi connectivity index (χ4n) is 2.18. The first-order valence-electron chi connectivity index (χ1n) is 6.44. The molecular formula is C15H24O2. The maximum atomic E-state index is 10.3. The number of aliphatic hydroxyl groups excluding tert-OH is 1. The molecule has 1 aromatic carbocycles. The zero-order valence-corrected chi connectivity index (χ0v) is 11.4. The Hall–Kier alpha value is -1.02. The van der Waals surface area contributed by atoms with Crippen LogP contribution in [0.3, 0.4) is 0 Å². The summed E-state index contributed by atoms with van der Waals surface area (Å²) < 4.78 is 5.31. The van der Waals surface area contributed by atoms with Gasteiger partial charge in [0.15, 0.2) is 0 Å². The number of hydrogen-bond acceptors (Lipinski definition) is 2. The van der Waals surface area contributed by atoms with Crippen LogP contribution >= 0.6 is 0 Å². The lowest BCUT2D eigenvalue weighted by Crippen LogP contribution is -2.07. The van der Waals surface area contributed by atoms with Crippen LogP contribution < -0.4 is 4.74 Å². The second kappa shape index (κ2) is 6.65. The highest BCUT2D eigenvalue weighted by Gasteiger charge is 2.17. The predicted octanol–water partition coefficient (Wildman–Crippen LogP) is 3.86. The van der Waals surface area contributed by atoms with Crippen molar-refractivity contribution in [3.63, 3.8) is 0 Å². The summed E-state index contributed by atoms with van der Waals surface area (Å²) in [6.07, 6.45) is 2.62. The van der Waals surface area contributed by atoms with Crippen molar-refractivity contribution < 1.29 is 9.84 Å². The molecule has 2 heteroatoms. The molecule has 0 saturated carbocycles. The Morgan fingerprint density at radius 1 is 1.24 bits per heavy atom. The molecule has 0 radical (unpaired) electrons. The number of rotatable bonds is 6. The lowest BCUT2D eigenvalue weighted by Gasteiger charge is -2.20. The van der Waals surface area contributed by atoms with Gasteiger partial charge in [-0.3, -0.25) is 0 Å². The Morgan fingerprint density at radius 3 is 2.41 bits per heavy atom. The zero-order chi connectivity index (χ0) is 12.8. The monoisotopic (exact) mass is 236 g/mol. The summed E-state index contributed by atoms with van der Waals surface area (Å²) in [5.41, 5.74) is 2.07. The highest BCUT2D eigenvalue weighted by atomic mass is 16.5. The van der Waals surface area contributed by atoms with E-state index in [1.807, 2.05) is 25.1 Å².